The lowest BCUT2D eigenvalue weighted by atomic mass is 10.2. The van der Waals surface area contributed by atoms with Crippen LogP contribution in [0, 0.1) is 0 Å². The number of halogens is 1. The van der Waals surface area contributed by atoms with Crippen LogP contribution < -0.4 is 5.32 Å². The fourth-order valence-corrected chi connectivity index (χ4v) is 3.20. The first-order chi connectivity index (χ1) is 9.54. The Bertz CT molecular complexity index is 652. The summed E-state index contributed by atoms with van der Waals surface area (Å²) in [6.45, 7) is 1.36. The number of esters is 1. The minimum absolute atomic E-state index is 0.284. The van der Waals surface area contributed by atoms with Crippen LogP contribution in [0.4, 0.5) is 5.69 Å². The van der Waals surface area contributed by atoms with E-state index in [1.165, 1.54) is 25.4 Å². The second-order valence-electron chi connectivity index (χ2n) is 3.99. The summed E-state index contributed by atoms with van der Waals surface area (Å²) in [5.74, 6) is -0.822. The number of amides is 1. The van der Waals surface area contributed by atoms with E-state index in [-0.39, 0.29) is 10.8 Å². The first-order valence-electron chi connectivity index (χ1n) is 5.78. The molecule has 0 aliphatic carbocycles. The molecule has 0 aliphatic rings. The molecule has 6 heteroatoms. The summed E-state index contributed by atoms with van der Waals surface area (Å²) in [5.41, 5.74) is 1.18. The summed E-state index contributed by atoms with van der Waals surface area (Å²) in [6.07, 6.45) is 0. The Morgan fingerprint density at radius 3 is 2.45 bits per heavy atom. The Morgan fingerprint density at radius 1 is 1.25 bits per heavy atom. The summed E-state index contributed by atoms with van der Waals surface area (Å²) in [7, 11) is 1.29. The zero-order chi connectivity index (χ0) is 14.7. The van der Waals surface area contributed by atoms with Gasteiger partial charge in [-0.05, 0) is 5.56 Å². The van der Waals surface area contributed by atoms with Gasteiger partial charge < -0.3 is 10.1 Å². The molecular formula is C14H12ClNO3S. The minimum Gasteiger partial charge on any atom is -0.465 e. The average molecular weight is 310 g/mol. The van der Waals surface area contributed by atoms with Crippen LogP contribution in [0.5, 0.6) is 0 Å². The maximum absolute atomic E-state index is 11.8. The number of nitrogens with one attached hydrogen (secondary N) is 1. The van der Waals surface area contributed by atoms with Gasteiger partial charge in [0.15, 0.2) is 0 Å². The van der Waals surface area contributed by atoms with Crippen molar-refractivity contribution in [2.24, 2.45) is 0 Å². The van der Waals surface area contributed by atoms with E-state index >= 15 is 0 Å². The summed E-state index contributed by atoms with van der Waals surface area (Å²) >= 11 is 7.49. The molecule has 0 radical (unpaired) electrons. The lowest BCUT2D eigenvalue weighted by molar-refractivity contribution is -0.114. The van der Waals surface area contributed by atoms with E-state index in [2.05, 4.69) is 5.32 Å². The third-order valence-electron chi connectivity index (χ3n) is 2.56. The number of carbonyl (C=O) groups is 2. The molecule has 0 spiro atoms. The van der Waals surface area contributed by atoms with Crippen molar-refractivity contribution in [2.45, 2.75) is 6.92 Å². The van der Waals surface area contributed by atoms with Gasteiger partial charge in [-0.2, -0.15) is 0 Å². The van der Waals surface area contributed by atoms with Gasteiger partial charge in [0.2, 0.25) is 5.91 Å². The van der Waals surface area contributed by atoms with Gasteiger partial charge in [0.1, 0.15) is 4.88 Å². The van der Waals surface area contributed by atoms with Crippen LogP contribution >= 0.6 is 22.9 Å². The highest BCUT2D eigenvalue weighted by molar-refractivity contribution is 7.18. The molecule has 1 heterocycles. The van der Waals surface area contributed by atoms with Crippen molar-refractivity contribution < 1.29 is 14.3 Å². The van der Waals surface area contributed by atoms with Crippen LogP contribution in [0.15, 0.2) is 30.3 Å². The molecule has 0 bridgehead atoms. The number of benzene rings is 1. The van der Waals surface area contributed by atoms with Gasteiger partial charge in [0.05, 0.1) is 22.7 Å². The molecular weight excluding hydrogens is 298 g/mol. The second kappa shape index (κ2) is 6.07. The summed E-state index contributed by atoms with van der Waals surface area (Å²) < 4.78 is 4.72. The van der Waals surface area contributed by atoms with Crippen LogP contribution in [0.1, 0.15) is 16.6 Å². The van der Waals surface area contributed by atoms with E-state index in [9.17, 15) is 9.59 Å². The van der Waals surface area contributed by atoms with Gasteiger partial charge in [-0.3, -0.25) is 4.79 Å². The van der Waals surface area contributed by atoms with E-state index in [1.54, 1.807) is 0 Å². The highest BCUT2D eigenvalue weighted by Gasteiger charge is 2.23. The van der Waals surface area contributed by atoms with Crippen LogP contribution in [-0.4, -0.2) is 19.0 Å². The quantitative estimate of drug-likeness (QED) is 0.877. The number of carbonyl (C=O) groups excluding carboxylic acids is 2. The van der Waals surface area contributed by atoms with Gasteiger partial charge in [-0.1, -0.05) is 41.9 Å². The molecule has 104 valence electrons. The summed E-state index contributed by atoms with van der Waals surface area (Å²) in [6, 6.07) is 9.41. The number of anilines is 1. The zero-order valence-corrected chi connectivity index (χ0v) is 12.5. The fraction of sp³-hybridized carbons (Fsp3) is 0.143. The van der Waals surface area contributed by atoms with Crippen molar-refractivity contribution in [3.05, 3.63) is 40.2 Å². The SMILES string of the molecule is COC(=O)c1sc(-c2ccccc2)c(Cl)c1NC(C)=O. The van der Waals surface area contributed by atoms with Crippen molar-refractivity contribution in [2.75, 3.05) is 12.4 Å². The first kappa shape index (κ1) is 14.6. The zero-order valence-electron chi connectivity index (χ0n) is 10.9. The van der Waals surface area contributed by atoms with E-state index < -0.39 is 5.97 Å². The molecule has 1 N–H and O–H groups in total. The number of ether oxygens (including phenoxy) is 1. The maximum Gasteiger partial charge on any atom is 0.350 e. The van der Waals surface area contributed by atoms with Crippen molar-refractivity contribution in [1.29, 1.82) is 0 Å². The second-order valence-corrected chi connectivity index (χ2v) is 5.39. The van der Waals surface area contributed by atoms with E-state index in [4.69, 9.17) is 16.3 Å². The van der Waals surface area contributed by atoms with Crippen molar-refractivity contribution in [3.63, 3.8) is 0 Å². The summed E-state index contributed by atoms with van der Waals surface area (Å²) in [4.78, 5) is 24.1. The van der Waals surface area contributed by atoms with Gasteiger partial charge in [-0.15, -0.1) is 11.3 Å². The van der Waals surface area contributed by atoms with Crippen molar-refractivity contribution >= 4 is 40.5 Å². The number of rotatable bonds is 3. The Balaban J connectivity index is 2.58. The van der Waals surface area contributed by atoms with Crippen LogP contribution in [-0.2, 0) is 9.53 Å². The molecule has 20 heavy (non-hydrogen) atoms. The van der Waals surface area contributed by atoms with Gasteiger partial charge in [-0.25, -0.2) is 4.79 Å². The van der Waals surface area contributed by atoms with Crippen molar-refractivity contribution in [3.8, 4) is 10.4 Å². The van der Waals surface area contributed by atoms with E-state index in [1.807, 2.05) is 30.3 Å². The molecule has 0 saturated heterocycles. The van der Waals surface area contributed by atoms with Crippen molar-refractivity contribution in [1.82, 2.24) is 0 Å². The Morgan fingerprint density at radius 2 is 1.90 bits per heavy atom. The molecule has 0 saturated carbocycles. The number of hydrogen-bond acceptors (Lipinski definition) is 4. The highest BCUT2D eigenvalue weighted by atomic mass is 35.5. The predicted octanol–water partition coefficient (Wildman–Crippen LogP) is 3.81. The lowest BCUT2D eigenvalue weighted by Crippen LogP contribution is -2.09. The largest absolute Gasteiger partial charge is 0.465 e. The average Bonchev–Trinajstić information content (AvgIpc) is 2.76. The van der Waals surface area contributed by atoms with Gasteiger partial charge in [0, 0.05) is 6.92 Å². The number of thiophene rings is 1. The lowest BCUT2D eigenvalue weighted by Gasteiger charge is -2.03. The van der Waals surface area contributed by atoms with Gasteiger partial charge >= 0.3 is 5.97 Å². The van der Waals surface area contributed by atoms with E-state index in [0.717, 1.165) is 10.4 Å². The normalized spacial score (nSPS) is 10.2. The summed E-state index contributed by atoms with van der Waals surface area (Å²) in [5, 5.41) is 2.93. The molecule has 1 aromatic heterocycles. The Labute approximate surface area is 125 Å². The molecule has 1 amide bonds. The molecule has 2 aromatic rings. The number of methoxy groups -OCH3 is 1. The van der Waals surface area contributed by atoms with Crippen LogP contribution in [0.2, 0.25) is 5.02 Å². The number of hydrogen-bond donors (Lipinski definition) is 1. The smallest absolute Gasteiger partial charge is 0.350 e. The maximum atomic E-state index is 11.8. The topological polar surface area (TPSA) is 55.4 Å². The predicted molar refractivity (Wildman–Crippen MR) is 80.4 cm³/mol. The van der Waals surface area contributed by atoms with Crippen LogP contribution in [0.3, 0.4) is 0 Å². The monoisotopic (exact) mass is 309 g/mol. The standard InChI is InChI=1S/C14H12ClNO3S/c1-8(17)16-11-10(15)12(9-6-4-3-5-7-9)20-13(11)14(18)19-2/h3-7H,1-2H3,(H,16,17). The highest BCUT2D eigenvalue weighted by Crippen LogP contribution is 2.44. The molecule has 0 atom stereocenters. The van der Waals surface area contributed by atoms with Gasteiger partial charge in [0.25, 0.3) is 0 Å². The third kappa shape index (κ3) is 2.84. The Hall–Kier alpha value is -1.85. The van der Waals surface area contributed by atoms with Crippen LogP contribution in [0.25, 0.3) is 10.4 Å². The fourth-order valence-electron chi connectivity index (χ4n) is 1.71. The molecule has 1 aromatic carbocycles. The minimum atomic E-state index is -0.525. The molecule has 0 aliphatic heterocycles. The molecule has 2 rings (SSSR count). The third-order valence-corrected chi connectivity index (χ3v) is 4.27. The molecule has 0 unspecified atom stereocenters. The first-order valence-corrected chi connectivity index (χ1v) is 6.97. The molecule has 4 nitrogen and oxygen atoms in total. The molecule has 0 fully saturated rings. The van der Waals surface area contributed by atoms with E-state index in [0.29, 0.717) is 10.7 Å². The Kier molecular flexibility index (Phi) is 4.42.